The first kappa shape index (κ1) is 19.7. The molecule has 0 bridgehead atoms. The Morgan fingerprint density at radius 2 is 1.93 bits per heavy atom. The van der Waals surface area contributed by atoms with Crippen LogP contribution in [0.15, 0.2) is 53.2 Å². The van der Waals surface area contributed by atoms with Crippen molar-refractivity contribution in [3.05, 3.63) is 63.8 Å². The highest BCUT2D eigenvalue weighted by atomic mass is 16.6. The van der Waals surface area contributed by atoms with Crippen molar-refractivity contribution < 1.29 is 19.2 Å². The Balaban J connectivity index is 1.90. The van der Waals surface area contributed by atoms with Crippen molar-refractivity contribution in [2.24, 2.45) is 4.99 Å². The lowest BCUT2D eigenvalue weighted by molar-refractivity contribution is -0.384. The van der Waals surface area contributed by atoms with Gasteiger partial charge in [0.2, 0.25) is 5.91 Å². The molecule has 2 aromatic carbocycles. The van der Waals surface area contributed by atoms with Crippen LogP contribution in [-0.2, 0) is 9.59 Å². The van der Waals surface area contributed by atoms with Crippen LogP contribution < -0.4 is 15.0 Å². The molecule has 9 heteroatoms. The number of ether oxygens (including phenoxy) is 1. The fourth-order valence-corrected chi connectivity index (χ4v) is 2.90. The van der Waals surface area contributed by atoms with Gasteiger partial charge < -0.3 is 10.1 Å². The summed E-state index contributed by atoms with van der Waals surface area (Å²) in [7, 11) is 1.38. The van der Waals surface area contributed by atoms with Crippen molar-refractivity contribution >= 4 is 40.8 Å². The lowest BCUT2D eigenvalue weighted by Gasteiger charge is -2.18. The smallest absolute Gasteiger partial charge is 0.282 e. The largest absolute Gasteiger partial charge is 0.494 e. The predicted octanol–water partition coefficient (Wildman–Crippen LogP) is 3.37. The number of nitro benzene ring substituents is 1. The third kappa shape index (κ3) is 4.13. The molecular weight excluding hydrogens is 376 g/mol. The van der Waals surface area contributed by atoms with Gasteiger partial charge in [-0.1, -0.05) is 12.1 Å². The van der Waals surface area contributed by atoms with Gasteiger partial charge in [-0.25, -0.2) is 4.99 Å². The maximum atomic E-state index is 12.9. The topological polar surface area (TPSA) is 114 Å². The second-order valence-electron chi connectivity index (χ2n) is 6.25. The molecule has 0 aliphatic carbocycles. The summed E-state index contributed by atoms with van der Waals surface area (Å²) in [6.07, 6.45) is 1.63. The number of hydrogen-bond donors (Lipinski definition) is 1. The van der Waals surface area contributed by atoms with Gasteiger partial charge in [-0.05, 0) is 36.8 Å². The average molecular weight is 394 g/mol. The van der Waals surface area contributed by atoms with Crippen LogP contribution >= 0.6 is 0 Å². The number of carbonyl (C=O) groups excluding carboxylic acids is 2. The summed E-state index contributed by atoms with van der Waals surface area (Å²) in [5.74, 6) is 0.0712. The molecule has 1 aliphatic rings. The highest BCUT2D eigenvalue weighted by Crippen LogP contribution is 2.35. The molecule has 0 radical (unpaired) electrons. The molecule has 0 saturated heterocycles. The summed E-state index contributed by atoms with van der Waals surface area (Å²) < 4.78 is 5.24. The molecule has 0 aromatic heterocycles. The molecular formula is C20H18N4O5. The molecule has 9 nitrogen and oxygen atoms in total. The Kier molecular flexibility index (Phi) is 5.40. The number of benzene rings is 2. The first-order chi connectivity index (χ1) is 13.8. The zero-order valence-corrected chi connectivity index (χ0v) is 16.0. The minimum Gasteiger partial charge on any atom is -0.494 e. The number of amides is 2. The Labute approximate surface area is 166 Å². The minimum atomic E-state index is -0.533. The third-order valence-corrected chi connectivity index (χ3v) is 4.18. The summed E-state index contributed by atoms with van der Waals surface area (Å²) in [6.45, 7) is 3.09. The van der Waals surface area contributed by atoms with E-state index < -0.39 is 4.92 Å². The van der Waals surface area contributed by atoms with Crippen molar-refractivity contribution in [1.82, 2.24) is 0 Å². The molecule has 2 aromatic rings. The van der Waals surface area contributed by atoms with E-state index in [-0.39, 0.29) is 28.9 Å². The van der Waals surface area contributed by atoms with Crippen LogP contribution in [0.4, 0.5) is 17.1 Å². The van der Waals surface area contributed by atoms with E-state index in [1.807, 2.05) is 0 Å². The van der Waals surface area contributed by atoms with E-state index in [0.29, 0.717) is 17.2 Å². The van der Waals surface area contributed by atoms with Crippen LogP contribution in [0.2, 0.25) is 0 Å². The van der Waals surface area contributed by atoms with Crippen LogP contribution in [-0.4, -0.2) is 29.7 Å². The maximum Gasteiger partial charge on any atom is 0.282 e. The van der Waals surface area contributed by atoms with Gasteiger partial charge in [-0.15, -0.1) is 0 Å². The first-order valence-electron chi connectivity index (χ1n) is 8.61. The Bertz CT molecular complexity index is 1060. The van der Waals surface area contributed by atoms with E-state index in [4.69, 9.17) is 4.74 Å². The molecule has 3 rings (SSSR count). The molecule has 0 saturated carbocycles. The average Bonchev–Trinajstić information content (AvgIpc) is 2.95. The molecule has 0 spiro atoms. The van der Waals surface area contributed by atoms with E-state index in [2.05, 4.69) is 10.3 Å². The zero-order valence-electron chi connectivity index (χ0n) is 16.0. The first-order valence-corrected chi connectivity index (χ1v) is 8.61. The number of nitro groups is 1. The predicted molar refractivity (Wildman–Crippen MR) is 109 cm³/mol. The molecule has 1 heterocycles. The fraction of sp³-hybridized carbons (Fsp3) is 0.150. The molecule has 1 N–H and O–H groups in total. The second kappa shape index (κ2) is 7.93. The highest BCUT2D eigenvalue weighted by Gasteiger charge is 2.31. The molecule has 0 fully saturated rings. The number of nitrogens with zero attached hydrogens (tertiary/aromatic N) is 3. The van der Waals surface area contributed by atoms with Crippen LogP contribution in [0, 0.1) is 10.1 Å². The monoisotopic (exact) mass is 394 g/mol. The van der Waals surface area contributed by atoms with E-state index in [1.54, 1.807) is 37.3 Å². The van der Waals surface area contributed by atoms with Crippen LogP contribution in [0.25, 0.3) is 6.08 Å². The number of aliphatic imine (C=N–C) groups is 1. The number of anilines is 2. The number of non-ortho nitro benzene ring substituents is 1. The lowest BCUT2D eigenvalue weighted by Crippen LogP contribution is -2.30. The Hall–Kier alpha value is -4.01. The summed E-state index contributed by atoms with van der Waals surface area (Å²) in [5, 5.41) is 13.7. The van der Waals surface area contributed by atoms with E-state index >= 15 is 0 Å². The van der Waals surface area contributed by atoms with Crippen molar-refractivity contribution in [2.45, 2.75) is 13.8 Å². The third-order valence-electron chi connectivity index (χ3n) is 4.18. The SMILES string of the molecule is COc1cc([N+](=O)[O-])ccc1N1C(=O)/C(=C/c2ccc(NC(C)=O)cc2)N=C1C. The second-order valence-corrected chi connectivity index (χ2v) is 6.25. The van der Waals surface area contributed by atoms with Crippen LogP contribution in [0.3, 0.4) is 0 Å². The normalized spacial score (nSPS) is 14.7. The maximum absolute atomic E-state index is 12.9. The van der Waals surface area contributed by atoms with Gasteiger partial charge >= 0.3 is 0 Å². The van der Waals surface area contributed by atoms with Gasteiger partial charge in [0.15, 0.2) is 0 Å². The lowest BCUT2D eigenvalue weighted by atomic mass is 10.1. The van der Waals surface area contributed by atoms with E-state index in [0.717, 1.165) is 5.56 Å². The number of carbonyl (C=O) groups is 2. The Morgan fingerprint density at radius 3 is 2.52 bits per heavy atom. The molecule has 148 valence electrons. The van der Waals surface area contributed by atoms with Gasteiger partial charge in [0.25, 0.3) is 11.6 Å². The summed E-state index contributed by atoms with van der Waals surface area (Å²) in [6, 6.07) is 11.0. The number of amidine groups is 1. The van der Waals surface area contributed by atoms with Crippen molar-refractivity contribution in [3.8, 4) is 5.75 Å². The number of nitrogens with one attached hydrogen (secondary N) is 1. The van der Waals surface area contributed by atoms with Crippen LogP contribution in [0.5, 0.6) is 5.75 Å². The van der Waals surface area contributed by atoms with Gasteiger partial charge in [0.1, 0.15) is 17.3 Å². The number of hydrogen-bond acceptors (Lipinski definition) is 6. The van der Waals surface area contributed by atoms with E-state index in [9.17, 15) is 19.7 Å². The summed E-state index contributed by atoms with van der Waals surface area (Å²) in [5.41, 5.74) is 1.83. The van der Waals surface area contributed by atoms with Gasteiger partial charge in [-0.3, -0.25) is 24.6 Å². The molecule has 2 amide bonds. The van der Waals surface area contributed by atoms with Crippen molar-refractivity contribution in [2.75, 3.05) is 17.3 Å². The molecule has 29 heavy (non-hydrogen) atoms. The van der Waals surface area contributed by atoms with Crippen molar-refractivity contribution in [1.29, 1.82) is 0 Å². The number of methoxy groups -OCH3 is 1. The molecule has 0 unspecified atom stereocenters. The van der Waals surface area contributed by atoms with Gasteiger partial charge in [0, 0.05) is 18.7 Å². The Morgan fingerprint density at radius 1 is 1.24 bits per heavy atom. The zero-order chi connectivity index (χ0) is 21.1. The molecule has 1 aliphatic heterocycles. The fourth-order valence-electron chi connectivity index (χ4n) is 2.90. The summed E-state index contributed by atoms with van der Waals surface area (Å²) >= 11 is 0. The van der Waals surface area contributed by atoms with E-state index in [1.165, 1.54) is 37.1 Å². The van der Waals surface area contributed by atoms with Gasteiger partial charge in [0.05, 0.1) is 23.8 Å². The number of rotatable bonds is 5. The molecule has 0 atom stereocenters. The van der Waals surface area contributed by atoms with Crippen molar-refractivity contribution in [3.63, 3.8) is 0 Å². The highest BCUT2D eigenvalue weighted by molar-refractivity contribution is 6.28. The van der Waals surface area contributed by atoms with Gasteiger partial charge in [-0.2, -0.15) is 0 Å². The standard InChI is InChI=1S/C20H18N4O5/c1-12-21-17(10-14-4-6-15(7-5-14)22-13(2)25)20(26)23(12)18-9-8-16(24(27)28)11-19(18)29-3/h4-11H,1-3H3,(H,22,25)/b17-10-. The van der Waals surface area contributed by atoms with Crippen LogP contribution in [0.1, 0.15) is 19.4 Å². The minimum absolute atomic E-state index is 0.137. The quantitative estimate of drug-likeness (QED) is 0.474. The summed E-state index contributed by atoms with van der Waals surface area (Å²) in [4.78, 5) is 40.1.